The first-order valence-corrected chi connectivity index (χ1v) is 12.3. The predicted molar refractivity (Wildman–Crippen MR) is 130 cm³/mol. The van der Waals surface area contributed by atoms with E-state index in [-0.39, 0.29) is 23.7 Å². The highest BCUT2D eigenvalue weighted by Gasteiger charge is 2.43. The number of imidazole rings is 1. The van der Waals surface area contributed by atoms with Crippen molar-refractivity contribution in [3.8, 4) is 11.4 Å². The van der Waals surface area contributed by atoms with Gasteiger partial charge in [-0.2, -0.15) is 0 Å². The van der Waals surface area contributed by atoms with E-state index in [4.69, 9.17) is 4.98 Å². The van der Waals surface area contributed by atoms with Gasteiger partial charge in [-0.15, -0.1) is 0 Å². The molecule has 1 aromatic heterocycles. The van der Waals surface area contributed by atoms with Crippen molar-refractivity contribution in [3.05, 3.63) is 42.5 Å². The lowest BCUT2D eigenvalue weighted by atomic mass is 9.88. The lowest BCUT2D eigenvalue weighted by molar-refractivity contribution is -0.121. The summed E-state index contributed by atoms with van der Waals surface area (Å²) in [4.78, 5) is 33.2. The number of hydrogen-bond acceptors (Lipinski definition) is 3. The second-order valence-corrected chi connectivity index (χ2v) is 10.1. The van der Waals surface area contributed by atoms with Gasteiger partial charge < -0.3 is 15.6 Å². The van der Waals surface area contributed by atoms with Gasteiger partial charge in [0.1, 0.15) is 5.82 Å². The zero-order chi connectivity index (χ0) is 22.4. The second-order valence-electron chi connectivity index (χ2n) is 10.1. The summed E-state index contributed by atoms with van der Waals surface area (Å²) in [6.07, 6.45) is 9.06. The van der Waals surface area contributed by atoms with Crippen LogP contribution in [0, 0.1) is 23.7 Å². The van der Waals surface area contributed by atoms with Gasteiger partial charge in [-0.25, -0.2) is 4.98 Å². The summed E-state index contributed by atoms with van der Waals surface area (Å²) in [6.45, 7) is 0. The molecule has 2 amide bonds. The summed E-state index contributed by atoms with van der Waals surface area (Å²) in [5.74, 6) is 2.72. The summed E-state index contributed by atoms with van der Waals surface area (Å²) in [7, 11) is 0. The second kappa shape index (κ2) is 8.32. The van der Waals surface area contributed by atoms with Crippen molar-refractivity contribution in [1.82, 2.24) is 9.97 Å². The van der Waals surface area contributed by atoms with Gasteiger partial charge in [-0.05, 0) is 86.4 Å². The minimum atomic E-state index is 0.129. The molecular weight excluding hydrogens is 412 g/mol. The van der Waals surface area contributed by atoms with Crippen LogP contribution in [0.25, 0.3) is 22.4 Å². The van der Waals surface area contributed by atoms with Gasteiger partial charge in [0.15, 0.2) is 0 Å². The number of carbonyl (C=O) groups excluding carboxylic acids is 2. The van der Waals surface area contributed by atoms with Gasteiger partial charge in [0.2, 0.25) is 11.8 Å². The zero-order valence-corrected chi connectivity index (χ0v) is 18.8. The molecule has 3 aliphatic carbocycles. The molecule has 6 rings (SSSR count). The summed E-state index contributed by atoms with van der Waals surface area (Å²) in [6, 6.07) is 13.6. The fourth-order valence-corrected chi connectivity index (χ4v) is 6.17. The third-order valence-corrected chi connectivity index (χ3v) is 7.98. The van der Waals surface area contributed by atoms with Crippen LogP contribution in [0.15, 0.2) is 42.5 Å². The van der Waals surface area contributed by atoms with Gasteiger partial charge in [0.05, 0.1) is 11.0 Å². The van der Waals surface area contributed by atoms with Crippen molar-refractivity contribution >= 4 is 34.2 Å². The maximum Gasteiger partial charge on any atom is 0.227 e. The molecule has 0 radical (unpaired) electrons. The standard InChI is InChI=1S/C27H30N4O2/c32-26(18-3-1-2-4-18)28-20-9-7-17(8-10-20)25-30-23-12-11-21(15-24(23)31-25)29-27(33)22-14-16-5-6-19(22)13-16/h7-12,15-16,18-19,22H,1-6,13-14H2,(H,28,32)(H,29,33)(H,30,31). The monoisotopic (exact) mass is 442 g/mol. The van der Waals surface area contributed by atoms with Crippen LogP contribution in [0.1, 0.15) is 51.4 Å². The van der Waals surface area contributed by atoms with Crippen molar-refractivity contribution in [2.75, 3.05) is 10.6 Å². The average molecular weight is 443 g/mol. The van der Waals surface area contributed by atoms with E-state index in [0.29, 0.717) is 5.92 Å². The van der Waals surface area contributed by atoms with Crippen molar-refractivity contribution in [3.63, 3.8) is 0 Å². The van der Waals surface area contributed by atoms with Crippen LogP contribution < -0.4 is 10.6 Å². The molecule has 6 nitrogen and oxygen atoms in total. The maximum atomic E-state index is 12.8. The van der Waals surface area contributed by atoms with Crippen LogP contribution in [0.5, 0.6) is 0 Å². The number of rotatable bonds is 5. The lowest BCUT2D eigenvalue weighted by Gasteiger charge is -2.20. The van der Waals surface area contributed by atoms with Crippen molar-refractivity contribution in [2.24, 2.45) is 23.7 Å². The highest BCUT2D eigenvalue weighted by Crippen LogP contribution is 2.48. The van der Waals surface area contributed by atoms with Crippen LogP contribution >= 0.6 is 0 Å². The Bertz CT molecular complexity index is 1190. The molecule has 3 unspecified atom stereocenters. The van der Waals surface area contributed by atoms with E-state index in [1.165, 1.54) is 19.3 Å². The van der Waals surface area contributed by atoms with E-state index in [1.54, 1.807) is 0 Å². The first kappa shape index (κ1) is 20.5. The smallest absolute Gasteiger partial charge is 0.227 e. The van der Waals surface area contributed by atoms with E-state index in [1.807, 2.05) is 42.5 Å². The molecule has 170 valence electrons. The molecule has 3 atom stereocenters. The van der Waals surface area contributed by atoms with Crippen molar-refractivity contribution in [1.29, 1.82) is 0 Å². The number of anilines is 2. The van der Waals surface area contributed by atoms with Gasteiger partial charge in [-0.1, -0.05) is 19.3 Å². The Morgan fingerprint density at radius 2 is 1.61 bits per heavy atom. The molecule has 0 aliphatic heterocycles. The van der Waals surface area contributed by atoms with Crippen LogP contribution in [0.3, 0.4) is 0 Å². The summed E-state index contributed by atoms with van der Waals surface area (Å²) in [5, 5.41) is 6.17. The molecule has 3 aliphatic rings. The summed E-state index contributed by atoms with van der Waals surface area (Å²) >= 11 is 0. The number of nitrogens with zero attached hydrogens (tertiary/aromatic N) is 1. The predicted octanol–water partition coefficient (Wildman–Crippen LogP) is 5.73. The number of aromatic nitrogens is 2. The minimum Gasteiger partial charge on any atom is -0.338 e. The number of nitrogens with one attached hydrogen (secondary N) is 3. The number of benzene rings is 2. The number of carbonyl (C=O) groups is 2. The number of H-pyrrole nitrogens is 1. The average Bonchev–Trinajstić information content (AvgIpc) is 3.63. The maximum absolute atomic E-state index is 12.8. The molecule has 3 N–H and O–H groups in total. The Balaban J connectivity index is 1.14. The molecule has 3 fully saturated rings. The SMILES string of the molecule is O=C(Nc1ccc(-c2nc3ccc(NC(=O)C4CC5CCC4C5)cc3[nH]2)cc1)C1CCCC1. The molecule has 3 aromatic rings. The third-order valence-electron chi connectivity index (χ3n) is 7.98. The molecular formula is C27H30N4O2. The highest BCUT2D eigenvalue weighted by atomic mass is 16.2. The summed E-state index contributed by atoms with van der Waals surface area (Å²) in [5.41, 5.74) is 4.35. The fraction of sp³-hybridized carbons (Fsp3) is 0.444. The molecule has 6 heteroatoms. The zero-order valence-electron chi connectivity index (χ0n) is 18.8. The Hall–Kier alpha value is -3.15. The van der Waals surface area contributed by atoms with Crippen LogP contribution in [-0.4, -0.2) is 21.8 Å². The van der Waals surface area contributed by atoms with Gasteiger partial charge in [0.25, 0.3) is 0 Å². The topological polar surface area (TPSA) is 86.9 Å². The number of fused-ring (bicyclic) bond motifs is 3. The quantitative estimate of drug-likeness (QED) is 0.471. The Morgan fingerprint density at radius 1 is 0.848 bits per heavy atom. The number of amides is 2. The Kier molecular flexibility index (Phi) is 5.16. The largest absolute Gasteiger partial charge is 0.338 e. The number of hydrogen-bond donors (Lipinski definition) is 3. The minimum absolute atomic E-state index is 0.129. The van der Waals surface area contributed by atoms with Crippen LogP contribution in [0.2, 0.25) is 0 Å². The van der Waals surface area contributed by atoms with Gasteiger partial charge >= 0.3 is 0 Å². The highest BCUT2D eigenvalue weighted by molar-refractivity contribution is 5.95. The Labute approximate surface area is 193 Å². The molecule has 0 saturated heterocycles. The van der Waals surface area contributed by atoms with Gasteiger partial charge in [0, 0.05) is 28.8 Å². The molecule has 3 saturated carbocycles. The van der Waals surface area contributed by atoms with Gasteiger partial charge in [-0.3, -0.25) is 9.59 Å². The molecule has 0 spiro atoms. The normalized spacial score (nSPS) is 24.4. The Morgan fingerprint density at radius 3 is 2.33 bits per heavy atom. The van der Waals surface area contributed by atoms with E-state index in [0.717, 1.165) is 71.8 Å². The van der Waals surface area contributed by atoms with E-state index >= 15 is 0 Å². The third kappa shape index (κ3) is 4.03. The fourth-order valence-electron chi connectivity index (χ4n) is 6.17. The first-order chi connectivity index (χ1) is 16.1. The van der Waals surface area contributed by atoms with E-state index in [9.17, 15) is 9.59 Å². The van der Waals surface area contributed by atoms with Crippen molar-refractivity contribution < 1.29 is 9.59 Å². The number of aromatic amines is 1. The lowest BCUT2D eigenvalue weighted by Crippen LogP contribution is -2.27. The van der Waals surface area contributed by atoms with Crippen LogP contribution in [-0.2, 0) is 9.59 Å². The van der Waals surface area contributed by atoms with Crippen molar-refractivity contribution in [2.45, 2.75) is 51.4 Å². The van der Waals surface area contributed by atoms with Crippen LogP contribution in [0.4, 0.5) is 11.4 Å². The van der Waals surface area contributed by atoms with E-state index < -0.39 is 0 Å². The first-order valence-electron chi connectivity index (χ1n) is 12.3. The van der Waals surface area contributed by atoms with E-state index in [2.05, 4.69) is 15.6 Å². The molecule has 1 heterocycles. The summed E-state index contributed by atoms with van der Waals surface area (Å²) < 4.78 is 0. The molecule has 2 bridgehead atoms. The molecule has 33 heavy (non-hydrogen) atoms. The molecule has 2 aromatic carbocycles.